The van der Waals surface area contributed by atoms with Gasteiger partial charge in [-0.15, -0.1) is 11.8 Å². The highest BCUT2D eigenvalue weighted by Gasteiger charge is 2.18. The first kappa shape index (κ1) is 11.5. The zero-order valence-corrected chi connectivity index (χ0v) is 10.7. The average Bonchev–Trinajstić information content (AvgIpc) is 2.30. The molecule has 16 heavy (non-hydrogen) atoms. The third-order valence-electron chi connectivity index (χ3n) is 2.77. The molecule has 1 aliphatic rings. The van der Waals surface area contributed by atoms with Crippen LogP contribution in [0.4, 0.5) is 0 Å². The summed E-state index contributed by atoms with van der Waals surface area (Å²) in [5.41, 5.74) is 1.46. The van der Waals surface area contributed by atoms with E-state index in [4.69, 9.17) is 0 Å². The Bertz CT molecular complexity index is 376. The summed E-state index contributed by atoms with van der Waals surface area (Å²) in [6.07, 6.45) is 1.94. The van der Waals surface area contributed by atoms with Gasteiger partial charge >= 0.3 is 0 Å². The number of hydrogen-bond acceptors (Lipinski definition) is 3. The Morgan fingerprint density at radius 1 is 1.44 bits per heavy atom. The van der Waals surface area contributed by atoms with Gasteiger partial charge in [-0.25, -0.2) is 0 Å². The van der Waals surface area contributed by atoms with Crippen LogP contribution in [0.25, 0.3) is 0 Å². The molecule has 0 radical (unpaired) electrons. The highest BCUT2D eigenvalue weighted by Crippen LogP contribution is 2.30. The van der Waals surface area contributed by atoms with E-state index in [9.17, 15) is 0 Å². The van der Waals surface area contributed by atoms with Crippen molar-refractivity contribution in [3.63, 3.8) is 0 Å². The van der Waals surface area contributed by atoms with Crippen LogP contribution in [0, 0.1) is 0 Å². The molecule has 2 rings (SSSR count). The fourth-order valence-corrected chi connectivity index (χ4v) is 2.95. The van der Waals surface area contributed by atoms with Crippen molar-refractivity contribution in [3.05, 3.63) is 29.8 Å². The molecule has 0 N–H and O–H groups in total. The third-order valence-corrected chi connectivity index (χ3v) is 3.74. The fourth-order valence-electron chi connectivity index (χ4n) is 2.07. The largest absolute Gasteiger partial charge is 0.365 e. The first-order chi connectivity index (χ1) is 7.81. The number of rotatable bonds is 3. The van der Waals surface area contributed by atoms with E-state index in [0.717, 1.165) is 18.8 Å². The Hall–Kier alpha value is -0.960. The van der Waals surface area contributed by atoms with Gasteiger partial charge in [-0.3, -0.25) is 4.99 Å². The van der Waals surface area contributed by atoms with Gasteiger partial charge in [0.25, 0.3) is 0 Å². The number of hydrogen-bond donors (Lipinski definition) is 0. The number of aliphatic imine (C=N–C) groups is 1. The number of benzene rings is 1. The van der Waals surface area contributed by atoms with Gasteiger partial charge in [0.05, 0.1) is 6.34 Å². The lowest BCUT2D eigenvalue weighted by Crippen LogP contribution is -2.29. The summed E-state index contributed by atoms with van der Waals surface area (Å²) in [6.45, 7) is 4.20. The molecule has 0 fully saturated rings. The quantitative estimate of drug-likeness (QED) is 0.747. The number of likely N-dealkylation sites (N-methyl/N-ethyl adjacent to an activating group) is 1. The second-order valence-electron chi connectivity index (χ2n) is 4.09. The smallest absolute Gasteiger partial charge is 0.0847 e. The zero-order chi connectivity index (χ0) is 11.4. The number of nitrogens with zero attached hydrogens (tertiary/aromatic N) is 2. The number of thioether (sulfide) groups is 1. The van der Waals surface area contributed by atoms with E-state index in [-0.39, 0.29) is 0 Å². The molecule has 0 aliphatic carbocycles. The minimum atomic E-state index is 0.547. The summed E-state index contributed by atoms with van der Waals surface area (Å²) < 4.78 is 0. The molecular weight excluding hydrogens is 216 g/mol. The van der Waals surface area contributed by atoms with Gasteiger partial charge in [-0.05, 0) is 17.4 Å². The maximum atomic E-state index is 4.41. The molecule has 0 saturated heterocycles. The van der Waals surface area contributed by atoms with Crippen molar-refractivity contribution in [2.75, 3.05) is 25.9 Å². The van der Waals surface area contributed by atoms with Crippen molar-refractivity contribution in [2.45, 2.75) is 17.7 Å². The van der Waals surface area contributed by atoms with E-state index in [0.29, 0.717) is 5.92 Å². The molecule has 0 saturated carbocycles. The minimum Gasteiger partial charge on any atom is -0.365 e. The van der Waals surface area contributed by atoms with Crippen LogP contribution in [-0.4, -0.2) is 37.1 Å². The van der Waals surface area contributed by atoms with Crippen molar-refractivity contribution in [1.82, 2.24) is 4.90 Å². The minimum absolute atomic E-state index is 0.547. The lowest BCUT2D eigenvalue weighted by Gasteiger charge is -2.27. The molecule has 86 valence electrons. The van der Waals surface area contributed by atoms with E-state index in [1.165, 1.54) is 10.5 Å². The molecular formula is C13H18N2S. The van der Waals surface area contributed by atoms with E-state index < -0.39 is 0 Å². The van der Waals surface area contributed by atoms with Gasteiger partial charge < -0.3 is 4.90 Å². The Morgan fingerprint density at radius 3 is 3.00 bits per heavy atom. The first-order valence-electron chi connectivity index (χ1n) is 5.73. The van der Waals surface area contributed by atoms with Crippen LogP contribution < -0.4 is 0 Å². The highest BCUT2D eigenvalue weighted by molar-refractivity contribution is 7.99. The van der Waals surface area contributed by atoms with Gasteiger partial charge in [-0.2, -0.15) is 0 Å². The van der Waals surface area contributed by atoms with E-state index in [1.807, 2.05) is 18.1 Å². The van der Waals surface area contributed by atoms with Crippen LogP contribution in [0.1, 0.15) is 18.4 Å². The molecule has 1 atom stereocenters. The normalized spacial score (nSPS) is 20.1. The summed E-state index contributed by atoms with van der Waals surface area (Å²) in [7, 11) is 2.09. The van der Waals surface area contributed by atoms with Crippen LogP contribution in [0.3, 0.4) is 0 Å². The molecule has 2 nitrogen and oxygen atoms in total. The molecule has 1 aromatic carbocycles. The summed E-state index contributed by atoms with van der Waals surface area (Å²) in [5.74, 6) is 1.67. The molecule has 0 bridgehead atoms. The molecule has 1 heterocycles. The second kappa shape index (κ2) is 5.39. The summed E-state index contributed by atoms with van der Waals surface area (Å²) in [5, 5.41) is 0. The van der Waals surface area contributed by atoms with Crippen LogP contribution in [0.15, 0.2) is 34.2 Å². The maximum absolute atomic E-state index is 4.41. The standard InChI is InChI=1S/C13H18N2S/c1-3-16-13-7-5-4-6-12(13)11-8-14-10-15(2)9-11/h4-7,10-11H,3,8-9H2,1-2H3. The van der Waals surface area contributed by atoms with E-state index in [1.54, 1.807) is 0 Å². The lowest BCUT2D eigenvalue weighted by molar-refractivity contribution is 0.437. The molecule has 0 spiro atoms. The Labute approximate surface area is 102 Å². The van der Waals surface area contributed by atoms with Crippen LogP contribution in [-0.2, 0) is 0 Å². The van der Waals surface area contributed by atoms with Gasteiger partial charge in [-0.1, -0.05) is 25.1 Å². The fraction of sp³-hybridized carbons (Fsp3) is 0.462. The Morgan fingerprint density at radius 2 is 2.25 bits per heavy atom. The molecule has 0 amide bonds. The zero-order valence-electron chi connectivity index (χ0n) is 9.89. The van der Waals surface area contributed by atoms with E-state index in [2.05, 4.69) is 48.1 Å². The first-order valence-corrected chi connectivity index (χ1v) is 6.71. The summed E-state index contributed by atoms with van der Waals surface area (Å²) in [4.78, 5) is 7.99. The van der Waals surface area contributed by atoms with Crippen molar-refractivity contribution in [3.8, 4) is 0 Å². The van der Waals surface area contributed by atoms with Crippen LogP contribution in [0.5, 0.6) is 0 Å². The van der Waals surface area contributed by atoms with Crippen LogP contribution in [0.2, 0.25) is 0 Å². The molecule has 1 unspecified atom stereocenters. The van der Waals surface area contributed by atoms with Crippen molar-refractivity contribution in [2.24, 2.45) is 4.99 Å². The predicted molar refractivity (Wildman–Crippen MR) is 71.6 cm³/mol. The molecule has 0 aromatic heterocycles. The monoisotopic (exact) mass is 234 g/mol. The van der Waals surface area contributed by atoms with Crippen molar-refractivity contribution >= 4 is 18.1 Å². The Balaban J connectivity index is 2.22. The summed E-state index contributed by atoms with van der Waals surface area (Å²) >= 11 is 1.93. The van der Waals surface area contributed by atoms with Gasteiger partial charge in [0.1, 0.15) is 0 Å². The Kier molecular flexibility index (Phi) is 3.88. The SMILES string of the molecule is CCSc1ccccc1C1CN=CN(C)C1. The molecule has 3 heteroatoms. The molecule has 1 aromatic rings. The van der Waals surface area contributed by atoms with E-state index >= 15 is 0 Å². The highest BCUT2D eigenvalue weighted by atomic mass is 32.2. The van der Waals surface area contributed by atoms with Crippen molar-refractivity contribution < 1.29 is 0 Å². The predicted octanol–water partition coefficient (Wildman–Crippen LogP) is 2.86. The average molecular weight is 234 g/mol. The van der Waals surface area contributed by atoms with Gasteiger partial charge in [0, 0.05) is 31.0 Å². The summed E-state index contributed by atoms with van der Waals surface area (Å²) in [6, 6.07) is 8.73. The maximum Gasteiger partial charge on any atom is 0.0847 e. The topological polar surface area (TPSA) is 15.6 Å². The van der Waals surface area contributed by atoms with Gasteiger partial charge in [0.2, 0.25) is 0 Å². The lowest BCUT2D eigenvalue weighted by atomic mass is 9.98. The van der Waals surface area contributed by atoms with Gasteiger partial charge in [0.15, 0.2) is 0 Å². The van der Waals surface area contributed by atoms with Crippen LogP contribution >= 0.6 is 11.8 Å². The third kappa shape index (κ3) is 2.59. The van der Waals surface area contributed by atoms with Crippen molar-refractivity contribution in [1.29, 1.82) is 0 Å². The molecule has 1 aliphatic heterocycles. The second-order valence-corrected chi connectivity index (χ2v) is 5.39.